The van der Waals surface area contributed by atoms with E-state index in [-0.39, 0.29) is 30.2 Å². The number of ether oxygens (including phenoxy) is 1. The van der Waals surface area contributed by atoms with E-state index in [0.717, 1.165) is 36.9 Å². The molecule has 4 rings (SSSR count). The monoisotopic (exact) mass is 449 g/mol. The molecule has 0 radical (unpaired) electrons. The smallest absolute Gasteiger partial charge is 0.243 e. The first kappa shape index (κ1) is 22.8. The van der Waals surface area contributed by atoms with Crippen molar-refractivity contribution in [2.45, 2.75) is 50.6 Å². The van der Waals surface area contributed by atoms with E-state index in [1.165, 1.54) is 0 Å². The van der Waals surface area contributed by atoms with E-state index in [4.69, 9.17) is 4.74 Å². The zero-order valence-corrected chi connectivity index (χ0v) is 19.0. The Hall–Kier alpha value is -3.35. The zero-order valence-electron chi connectivity index (χ0n) is 19.0. The molecule has 0 aromatic heterocycles. The molecule has 2 aromatic rings. The predicted molar refractivity (Wildman–Crippen MR) is 126 cm³/mol. The number of amides is 3. The second kappa shape index (κ2) is 10.5. The summed E-state index contributed by atoms with van der Waals surface area (Å²) in [4.78, 5) is 40.4. The van der Waals surface area contributed by atoms with Gasteiger partial charge in [0.1, 0.15) is 11.8 Å². The first-order chi connectivity index (χ1) is 16.0. The average molecular weight is 450 g/mol. The van der Waals surface area contributed by atoms with Gasteiger partial charge >= 0.3 is 0 Å². The van der Waals surface area contributed by atoms with Gasteiger partial charge < -0.3 is 20.3 Å². The summed E-state index contributed by atoms with van der Waals surface area (Å²) in [5, 5.41) is 6.05. The molecule has 1 heterocycles. The minimum Gasteiger partial charge on any atom is -0.497 e. The van der Waals surface area contributed by atoms with Gasteiger partial charge in [-0.3, -0.25) is 14.4 Å². The Labute approximate surface area is 194 Å². The summed E-state index contributed by atoms with van der Waals surface area (Å²) in [6.45, 7) is 0.291. The Balaban J connectivity index is 1.42. The van der Waals surface area contributed by atoms with Crippen LogP contribution in [0.25, 0.3) is 0 Å². The Kier molecular flexibility index (Phi) is 7.27. The first-order valence-electron chi connectivity index (χ1n) is 11.6. The fourth-order valence-electron chi connectivity index (χ4n) is 4.62. The molecule has 2 aromatic carbocycles. The van der Waals surface area contributed by atoms with Gasteiger partial charge in [0.05, 0.1) is 13.0 Å². The van der Waals surface area contributed by atoms with Crippen LogP contribution in [-0.4, -0.2) is 43.5 Å². The first-order valence-corrected chi connectivity index (χ1v) is 11.6. The normalized spacial score (nSPS) is 19.4. The van der Waals surface area contributed by atoms with Gasteiger partial charge in [0.15, 0.2) is 0 Å². The number of benzene rings is 2. The predicted octanol–water partition coefficient (Wildman–Crippen LogP) is 2.83. The highest BCUT2D eigenvalue weighted by Crippen LogP contribution is 2.27. The average Bonchev–Trinajstić information content (AvgIpc) is 3.49. The standard InChI is InChI=1S/C26H31N3O4/c1-33-22-13-11-21(12-14-22)29-17-19(16-24(29)30)25(31)28-23(15-18-7-3-2-4-8-18)26(32)27-20-9-5-6-10-20/h2-4,7-8,11-14,19-20,23H,5-6,9-10,15-17H2,1H3,(H,27,32)(H,28,31)/t19?,23-/m0/s1. The SMILES string of the molecule is COc1ccc(N2CC(C(=O)N[C@@H](Cc3ccccc3)C(=O)NC3CCCC3)CC2=O)cc1. The van der Waals surface area contributed by atoms with E-state index >= 15 is 0 Å². The molecule has 2 atom stereocenters. The lowest BCUT2D eigenvalue weighted by Crippen LogP contribution is -2.51. The highest BCUT2D eigenvalue weighted by molar-refractivity contribution is 6.01. The highest BCUT2D eigenvalue weighted by Gasteiger charge is 2.37. The second-order valence-electron chi connectivity index (χ2n) is 8.84. The molecule has 1 aliphatic heterocycles. The minimum absolute atomic E-state index is 0.102. The molecule has 1 saturated heterocycles. The molecule has 2 aliphatic rings. The number of carbonyl (C=O) groups excluding carboxylic acids is 3. The number of hydrogen-bond acceptors (Lipinski definition) is 4. The Morgan fingerprint density at radius 2 is 1.76 bits per heavy atom. The maximum atomic E-state index is 13.1. The number of methoxy groups -OCH3 is 1. The summed E-state index contributed by atoms with van der Waals surface area (Å²) in [5.74, 6) is -0.318. The molecule has 7 nitrogen and oxygen atoms in total. The van der Waals surface area contributed by atoms with E-state index in [9.17, 15) is 14.4 Å². The van der Waals surface area contributed by atoms with Crippen LogP contribution >= 0.6 is 0 Å². The van der Waals surface area contributed by atoms with Crippen molar-refractivity contribution in [1.29, 1.82) is 0 Å². The van der Waals surface area contributed by atoms with Crippen molar-refractivity contribution >= 4 is 23.4 Å². The van der Waals surface area contributed by atoms with Crippen LogP contribution < -0.4 is 20.3 Å². The summed E-state index contributed by atoms with van der Waals surface area (Å²) in [6.07, 6.45) is 4.73. The van der Waals surface area contributed by atoms with Gasteiger partial charge in [0.25, 0.3) is 0 Å². The van der Waals surface area contributed by atoms with Crippen molar-refractivity contribution in [2.75, 3.05) is 18.6 Å². The van der Waals surface area contributed by atoms with Crippen molar-refractivity contribution in [2.24, 2.45) is 5.92 Å². The van der Waals surface area contributed by atoms with Gasteiger partial charge in [-0.25, -0.2) is 0 Å². The summed E-state index contributed by atoms with van der Waals surface area (Å²) < 4.78 is 5.17. The molecule has 2 fully saturated rings. The summed E-state index contributed by atoms with van der Waals surface area (Å²) in [7, 11) is 1.59. The Morgan fingerprint density at radius 1 is 1.06 bits per heavy atom. The Morgan fingerprint density at radius 3 is 2.42 bits per heavy atom. The van der Waals surface area contributed by atoms with Crippen LogP contribution in [0.2, 0.25) is 0 Å². The number of carbonyl (C=O) groups is 3. The molecule has 174 valence electrons. The minimum atomic E-state index is -0.675. The number of rotatable bonds is 8. The van der Waals surface area contributed by atoms with Crippen molar-refractivity contribution in [3.05, 3.63) is 60.2 Å². The third-order valence-corrected chi connectivity index (χ3v) is 6.50. The largest absolute Gasteiger partial charge is 0.497 e. The molecule has 3 amide bonds. The van der Waals surface area contributed by atoms with Crippen molar-refractivity contribution in [3.8, 4) is 5.75 Å². The lowest BCUT2D eigenvalue weighted by Gasteiger charge is -2.23. The van der Waals surface area contributed by atoms with Crippen LogP contribution in [0.5, 0.6) is 5.75 Å². The maximum Gasteiger partial charge on any atom is 0.243 e. The van der Waals surface area contributed by atoms with Crippen LogP contribution in [0.1, 0.15) is 37.7 Å². The number of nitrogens with one attached hydrogen (secondary N) is 2. The molecule has 0 bridgehead atoms. The van der Waals surface area contributed by atoms with Gasteiger partial charge in [-0.1, -0.05) is 43.2 Å². The van der Waals surface area contributed by atoms with Gasteiger partial charge in [-0.2, -0.15) is 0 Å². The lowest BCUT2D eigenvalue weighted by atomic mass is 10.0. The van der Waals surface area contributed by atoms with Crippen LogP contribution in [0, 0.1) is 5.92 Å². The summed E-state index contributed by atoms with van der Waals surface area (Å²) >= 11 is 0. The second-order valence-corrected chi connectivity index (χ2v) is 8.84. The molecular weight excluding hydrogens is 418 g/mol. The van der Waals surface area contributed by atoms with Crippen LogP contribution in [0.3, 0.4) is 0 Å². The van der Waals surface area contributed by atoms with Crippen molar-refractivity contribution < 1.29 is 19.1 Å². The van der Waals surface area contributed by atoms with Crippen LogP contribution in [-0.2, 0) is 20.8 Å². The van der Waals surface area contributed by atoms with Crippen LogP contribution in [0.4, 0.5) is 5.69 Å². The van der Waals surface area contributed by atoms with Crippen molar-refractivity contribution in [3.63, 3.8) is 0 Å². The number of anilines is 1. The molecule has 2 N–H and O–H groups in total. The van der Waals surface area contributed by atoms with Crippen LogP contribution in [0.15, 0.2) is 54.6 Å². The number of hydrogen-bond donors (Lipinski definition) is 2. The quantitative estimate of drug-likeness (QED) is 0.649. The summed E-state index contributed by atoms with van der Waals surface area (Å²) in [5.41, 5.74) is 1.71. The van der Waals surface area contributed by atoms with Crippen molar-refractivity contribution in [1.82, 2.24) is 10.6 Å². The van der Waals surface area contributed by atoms with Gasteiger partial charge in [0, 0.05) is 31.1 Å². The molecular formula is C26H31N3O4. The third-order valence-electron chi connectivity index (χ3n) is 6.50. The van der Waals surface area contributed by atoms with E-state index in [1.54, 1.807) is 24.1 Å². The Bertz CT molecular complexity index is 971. The van der Waals surface area contributed by atoms with E-state index in [0.29, 0.717) is 18.7 Å². The lowest BCUT2D eigenvalue weighted by molar-refractivity contribution is -0.131. The summed E-state index contributed by atoms with van der Waals surface area (Å²) in [6, 6.07) is 16.4. The van der Waals surface area contributed by atoms with E-state index in [2.05, 4.69) is 10.6 Å². The van der Waals surface area contributed by atoms with Gasteiger partial charge in [-0.15, -0.1) is 0 Å². The molecule has 1 unspecified atom stereocenters. The van der Waals surface area contributed by atoms with E-state index < -0.39 is 12.0 Å². The fraction of sp³-hybridized carbons (Fsp3) is 0.423. The molecule has 0 spiro atoms. The highest BCUT2D eigenvalue weighted by atomic mass is 16.5. The molecule has 33 heavy (non-hydrogen) atoms. The topological polar surface area (TPSA) is 87.7 Å². The number of nitrogens with zero attached hydrogens (tertiary/aromatic N) is 1. The molecule has 7 heteroatoms. The maximum absolute atomic E-state index is 13.1. The third kappa shape index (κ3) is 5.72. The van der Waals surface area contributed by atoms with Gasteiger partial charge in [-0.05, 0) is 42.7 Å². The fourth-order valence-corrected chi connectivity index (χ4v) is 4.62. The van der Waals surface area contributed by atoms with Gasteiger partial charge in [0.2, 0.25) is 17.7 Å². The molecule has 1 saturated carbocycles. The molecule has 1 aliphatic carbocycles. The van der Waals surface area contributed by atoms with E-state index in [1.807, 2.05) is 42.5 Å². The zero-order chi connectivity index (χ0) is 23.2.